The van der Waals surface area contributed by atoms with Gasteiger partial charge in [0, 0.05) is 24.5 Å². The van der Waals surface area contributed by atoms with Crippen LogP contribution in [0.2, 0.25) is 5.02 Å². The second-order valence-electron chi connectivity index (χ2n) is 9.80. The number of nitrogens with one attached hydrogen (secondary N) is 2. The van der Waals surface area contributed by atoms with Gasteiger partial charge in [-0.1, -0.05) is 70.0 Å². The summed E-state index contributed by atoms with van der Waals surface area (Å²) in [7, 11) is 0. The molecular formula is C27H29BrClN3O5. The van der Waals surface area contributed by atoms with Crippen LogP contribution in [-0.2, 0) is 25.7 Å². The molecule has 1 spiro atoms. The number of anilines is 1. The second-order valence-corrected chi connectivity index (χ2v) is 11.4. The Morgan fingerprint density at radius 3 is 2.57 bits per heavy atom. The standard InChI is InChI=1S/C27H29BrClN3O5/c28-17-14-27-21(20(22(17)37-27)24(34)30-15-16-8-2-1-3-9-16)26(36)32(12-6-7-13-33)23(27)25(35)31-19-11-5-4-10-18(19)29/h1-5,8-11,17,20-23,33H,6-7,12-15H2,(H,30,34)(H,31,35)/t17?,20-,21+,22-,23?,27?/m1/s1. The van der Waals surface area contributed by atoms with Gasteiger partial charge in [0.15, 0.2) is 0 Å². The highest BCUT2D eigenvalue weighted by atomic mass is 79.9. The third-order valence-electron chi connectivity index (χ3n) is 7.59. The fraction of sp³-hybridized carbons (Fsp3) is 0.444. The molecule has 2 aromatic rings. The predicted octanol–water partition coefficient (Wildman–Crippen LogP) is 3.12. The molecule has 0 aromatic heterocycles. The number of para-hydroxylation sites is 1. The van der Waals surface area contributed by atoms with Crippen LogP contribution in [0.4, 0.5) is 5.69 Å². The third-order valence-corrected chi connectivity index (χ3v) is 8.76. The van der Waals surface area contributed by atoms with Crippen LogP contribution in [-0.4, -0.2) is 63.5 Å². The molecule has 8 nitrogen and oxygen atoms in total. The Morgan fingerprint density at radius 2 is 1.84 bits per heavy atom. The van der Waals surface area contributed by atoms with Crippen LogP contribution in [0.15, 0.2) is 54.6 Å². The summed E-state index contributed by atoms with van der Waals surface area (Å²) in [5.74, 6) is -2.44. The number of nitrogens with zero attached hydrogens (tertiary/aromatic N) is 1. The van der Waals surface area contributed by atoms with Crippen molar-refractivity contribution in [1.29, 1.82) is 0 Å². The molecule has 0 aliphatic carbocycles. The summed E-state index contributed by atoms with van der Waals surface area (Å²) in [6, 6.07) is 15.5. The van der Waals surface area contributed by atoms with Crippen molar-refractivity contribution < 1.29 is 24.2 Å². The summed E-state index contributed by atoms with van der Waals surface area (Å²) in [6.07, 6.45) is 0.909. The van der Waals surface area contributed by atoms with Gasteiger partial charge in [-0.05, 0) is 37.0 Å². The van der Waals surface area contributed by atoms with E-state index in [1.807, 2.05) is 30.3 Å². The van der Waals surface area contributed by atoms with Crippen molar-refractivity contribution in [3.8, 4) is 0 Å². The van der Waals surface area contributed by atoms with E-state index in [1.54, 1.807) is 24.3 Å². The summed E-state index contributed by atoms with van der Waals surface area (Å²) in [5, 5.41) is 15.5. The van der Waals surface area contributed by atoms with Crippen molar-refractivity contribution in [2.24, 2.45) is 11.8 Å². The molecule has 3 N–H and O–H groups in total. The van der Waals surface area contributed by atoms with E-state index in [-0.39, 0.29) is 29.8 Å². The topological polar surface area (TPSA) is 108 Å². The largest absolute Gasteiger partial charge is 0.396 e. The van der Waals surface area contributed by atoms with Crippen molar-refractivity contribution in [3.05, 3.63) is 65.2 Å². The van der Waals surface area contributed by atoms with Crippen LogP contribution in [0.5, 0.6) is 0 Å². The average Bonchev–Trinajstić information content (AvgIpc) is 3.48. The molecule has 2 aromatic carbocycles. The number of carbonyl (C=O) groups excluding carboxylic acids is 3. The molecule has 2 bridgehead atoms. The Kier molecular flexibility index (Phi) is 7.58. The van der Waals surface area contributed by atoms with Gasteiger partial charge in [0.25, 0.3) is 0 Å². The van der Waals surface area contributed by atoms with Gasteiger partial charge >= 0.3 is 0 Å². The molecule has 3 amide bonds. The Hall–Kier alpha value is -2.46. The molecule has 37 heavy (non-hydrogen) atoms. The van der Waals surface area contributed by atoms with Gasteiger partial charge in [-0.25, -0.2) is 0 Å². The van der Waals surface area contributed by atoms with E-state index in [9.17, 15) is 19.5 Å². The van der Waals surface area contributed by atoms with E-state index in [0.717, 1.165) is 5.56 Å². The molecule has 3 fully saturated rings. The number of alkyl halides is 1. The van der Waals surface area contributed by atoms with Gasteiger partial charge in [-0.3, -0.25) is 14.4 Å². The number of fused-ring (bicyclic) bond motifs is 1. The van der Waals surface area contributed by atoms with Crippen LogP contribution < -0.4 is 10.6 Å². The lowest BCUT2D eigenvalue weighted by atomic mass is 9.70. The van der Waals surface area contributed by atoms with Crippen molar-refractivity contribution in [2.45, 2.75) is 48.4 Å². The molecule has 3 unspecified atom stereocenters. The monoisotopic (exact) mass is 589 g/mol. The Bertz CT molecular complexity index is 1180. The number of carbonyl (C=O) groups is 3. The normalized spacial score (nSPS) is 29.9. The zero-order chi connectivity index (χ0) is 26.2. The van der Waals surface area contributed by atoms with E-state index >= 15 is 0 Å². The van der Waals surface area contributed by atoms with Gasteiger partial charge < -0.3 is 25.4 Å². The summed E-state index contributed by atoms with van der Waals surface area (Å²) >= 11 is 9.96. The van der Waals surface area contributed by atoms with E-state index in [1.165, 1.54) is 4.90 Å². The number of likely N-dealkylation sites (tertiary alicyclic amines) is 1. The Labute approximate surface area is 228 Å². The molecule has 10 heteroatoms. The van der Waals surface area contributed by atoms with Gasteiger partial charge in [0.2, 0.25) is 17.7 Å². The summed E-state index contributed by atoms with van der Waals surface area (Å²) in [4.78, 5) is 42.5. The summed E-state index contributed by atoms with van der Waals surface area (Å²) in [5.41, 5.74) is 0.247. The maximum atomic E-state index is 13.9. The van der Waals surface area contributed by atoms with Crippen molar-refractivity contribution >= 4 is 50.9 Å². The highest BCUT2D eigenvalue weighted by Crippen LogP contribution is 2.60. The zero-order valence-electron chi connectivity index (χ0n) is 20.1. The zero-order valence-corrected chi connectivity index (χ0v) is 22.5. The number of unbranched alkanes of at least 4 members (excludes halogenated alkanes) is 1. The number of benzene rings is 2. The molecule has 6 atom stereocenters. The number of amides is 3. The SMILES string of the molecule is O=C(Nc1ccccc1Cl)C1N(CCCCO)C(=O)[C@@H]2[C@@H](C(=O)NCc3ccccc3)[C@@H]3OC12CC3Br. The maximum absolute atomic E-state index is 13.9. The molecule has 0 saturated carbocycles. The van der Waals surface area contributed by atoms with E-state index < -0.39 is 35.5 Å². The highest BCUT2D eigenvalue weighted by molar-refractivity contribution is 9.09. The minimum absolute atomic E-state index is 0.0142. The summed E-state index contributed by atoms with van der Waals surface area (Å²) in [6.45, 7) is 0.595. The summed E-state index contributed by atoms with van der Waals surface area (Å²) < 4.78 is 6.48. The van der Waals surface area contributed by atoms with Crippen molar-refractivity contribution in [1.82, 2.24) is 10.2 Å². The molecule has 3 aliphatic heterocycles. The number of hydrogen-bond acceptors (Lipinski definition) is 5. The van der Waals surface area contributed by atoms with Gasteiger partial charge in [-0.2, -0.15) is 0 Å². The molecule has 5 rings (SSSR count). The van der Waals surface area contributed by atoms with Crippen LogP contribution >= 0.6 is 27.5 Å². The smallest absolute Gasteiger partial charge is 0.250 e. The van der Waals surface area contributed by atoms with E-state index in [4.69, 9.17) is 16.3 Å². The number of aliphatic hydroxyl groups is 1. The van der Waals surface area contributed by atoms with Gasteiger partial charge in [-0.15, -0.1) is 0 Å². The molecule has 0 radical (unpaired) electrons. The van der Waals surface area contributed by atoms with Crippen LogP contribution in [0.25, 0.3) is 0 Å². The lowest BCUT2D eigenvalue weighted by Crippen LogP contribution is -2.54. The number of ether oxygens (including phenoxy) is 1. The number of halogens is 2. The first-order valence-electron chi connectivity index (χ1n) is 12.5. The maximum Gasteiger partial charge on any atom is 0.250 e. The first-order valence-corrected chi connectivity index (χ1v) is 13.8. The molecule has 196 valence electrons. The number of rotatable bonds is 9. The average molecular weight is 591 g/mol. The van der Waals surface area contributed by atoms with Gasteiger partial charge in [0.05, 0.1) is 28.6 Å². The lowest BCUT2D eigenvalue weighted by molar-refractivity contribution is -0.140. The molecule has 3 aliphatic rings. The van der Waals surface area contributed by atoms with Crippen molar-refractivity contribution in [2.75, 3.05) is 18.5 Å². The third kappa shape index (κ3) is 4.67. The Morgan fingerprint density at radius 1 is 1.11 bits per heavy atom. The molecular weight excluding hydrogens is 562 g/mol. The first-order chi connectivity index (χ1) is 17.9. The predicted molar refractivity (Wildman–Crippen MR) is 142 cm³/mol. The number of hydrogen-bond donors (Lipinski definition) is 3. The lowest BCUT2D eigenvalue weighted by Gasteiger charge is -2.34. The van der Waals surface area contributed by atoms with E-state index in [2.05, 4.69) is 26.6 Å². The fourth-order valence-electron chi connectivity index (χ4n) is 6.03. The fourth-order valence-corrected chi connectivity index (χ4v) is 7.16. The number of aliphatic hydroxyl groups excluding tert-OH is 1. The quantitative estimate of drug-likeness (QED) is 0.307. The molecule has 3 heterocycles. The van der Waals surface area contributed by atoms with Crippen molar-refractivity contribution in [3.63, 3.8) is 0 Å². The van der Waals surface area contributed by atoms with Crippen LogP contribution in [0, 0.1) is 11.8 Å². The van der Waals surface area contributed by atoms with Gasteiger partial charge in [0.1, 0.15) is 11.6 Å². The minimum Gasteiger partial charge on any atom is -0.396 e. The Balaban J connectivity index is 1.44. The first kappa shape index (κ1) is 26.2. The minimum atomic E-state index is -1.14. The van der Waals surface area contributed by atoms with Crippen LogP contribution in [0.1, 0.15) is 24.8 Å². The molecule has 3 saturated heterocycles. The van der Waals surface area contributed by atoms with Crippen LogP contribution in [0.3, 0.4) is 0 Å². The second kappa shape index (κ2) is 10.7. The van der Waals surface area contributed by atoms with E-state index in [0.29, 0.717) is 36.5 Å². The highest BCUT2D eigenvalue weighted by Gasteiger charge is 2.76.